The molecule has 4 aromatic carbocycles. The van der Waals surface area contributed by atoms with Crippen molar-refractivity contribution >= 4 is 67.9 Å². The third-order valence-electron chi connectivity index (χ3n) is 8.88. The van der Waals surface area contributed by atoms with E-state index in [1.807, 2.05) is 84.9 Å². The molecule has 0 radical (unpaired) electrons. The van der Waals surface area contributed by atoms with Crippen LogP contribution < -0.4 is 32.2 Å². The Morgan fingerprint density at radius 1 is 0.604 bits per heavy atom. The Balaban J connectivity index is 1.24. The SMILES string of the molecule is Cc1c(C#N)c2nc3ccccc3n2c(=O)/c1=C\Nc1cccc2c(N/C=c3\c(C)c(C#N)c4nc5ccccc5n4c3=O)cccc12. The van der Waals surface area contributed by atoms with E-state index in [1.165, 1.54) is 8.80 Å². The second-order valence-corrected chi connectivity index (χ2v) is 11.5. The van der Waals surface area contributed by atoms with Crippen LogP contribution in [-0.2, 0) is 0 Å². The standard InChI is InChI=1S/C38H24N8O2/c1-21-25(17-39)35-43-31-11-3-5-15-33(31)45(35)37(47)27(21)19-41-29-13-7-10-24-23(29)9-8-14-30(24)42-20-28-22(2)26(18-40)36-44-32-12-4-6-16-34(32)46(36)38(28)48/h3-16,19-20,41-42H,1-2H3/b27-19-,28-20+. The first-order chi connectivity index (χ1) is 23.4. The molecule has 48 heavy (non-hydrogen) atoms. The van der Waals surface area contributed by atoms with E-state index in [2.05, 4.69) is 32.7 Å². The molecule has 0 bridgehead atoms. The van der Waals surface area contributed by atoms with E-state index in [1.54, 1.807) is 26.2 Å². The molecule has 2 N–H and O–H groups in total. The summed E-state index contributed by atoms with van der Waals surface area (Å²) < 4.78 is 2.98. The highest BCUT2D eigenvalue weighted by Crippen LogP contribution is 2.29. The molecule has 0 aliphatic rings. The van der Waals surface area contributed by atoms with Crippen LogP contribution in [-0.4, -0.2) is 18.8 Å². The quantitative estimate of drug-likeness (QED) is 0.288. The molecule has 8 rings (SSSR count). The van der Waals surface area contributed by atoms with Gasteiger partial charge in [-0.3, -0.25) is 18.4 Å². The molecule has 4 aromatic heterocycles. The van der Waals surface area contributed by atoms with Gasteiger partial charge in [-0.25, -0.2) is 9.97 Å². The number of fused-ring (bicyclic) bond motifs is 7. The van der Waals surface area contributed by atoms with Gasteiger partial charge in [0.15, 0.2) is 11.3 Å². The smallest absolute Gasteiger partial charge is 0.265 e. The Hall–Kier alpha value is -7.04. The van der Waals surface area contributed by atoms with E-state index in [-0.39, 0.29) is 11.1 Å². The maximum absolute atomic E-state index is 13.8. The third-order valence-corrected chi connectivity index (χ3v) is 8.88. The van der Waals surface area contributed by atoms with Gasteiger partial charge in [-0.15, -0.1) is 0 Å². The Morgan fingerprint density at radius 2 is 1.02 bits per heavy atom. The number of nitriles is 2. The minimum atomic E-state index is -0.275. The Kier molecular flexibility index (Phi) is 6.39. The highest BCUT2D eigenvalue weighted by molar-refractivity contribution is 6.03. The van der Waals surface area contributed by atoms with E-state index in [9.17, 15) is 20.1 Å². The predicted molar refractivity (Wildman–Crippen MR) is 187 cm³/mol. The van der Waals surface area contributed by atoms with Gasteiger partial charge in [-0.05, 0) is 61.4 Å². The molecule has 228 valence electrons. The summed E-state index contributed by atoms with van der Waals surface area (Å²) in [5.41, 5.74) is 5.93. The predicted octanol–water partition coefficient (Wildman–Crippen LogP) is 4.66. The summed E-state index contributed by atoms with van der Waals surface area (Å²) in [5.74, 6) is 0. The number of nitrogens with zero attached hydrogens (tertiary/aromatic N) is 6. The van der Waals surface area contributed by atoms with Crippen molar-refractivity contribution in [3.05, 3.63) is 138 Å². The summed E-state index contributed by atoms with van der Waals surface area (Å²) in [6, 6.07) is 30.6. The van der Waals surface area contributed by atoms with E-state index in [0.717, 1.165) is 22.1 Å². The summed E-state index contributed by atoms with van der Waals surface area (Å²) in [5, 5.41) is 29.1. The zero-order valence-corrected chi connectivity index (χ0v) is 25.7. The normalized spacial score (nSPS) is 12.3. The lowest BCUT2D eigenvalue weighted by molar-refractivity contribution is 1.10. The minimum absolute atomic E-state index is 0.275. The van der Waals surface area contributed by atoms with Gasteiger partial charge in [0.1, 0.15) is 12.1 Å². The molecule has 0 aliphatic heterocycles. The van der Waals surface area contributed by atoms with Crippen LogP contribution in [0, 0.1) is 36.5 Å². The fourth-order valence-corrected chi connectivity index (χ4v) is 6.43. The van der Waals surface area contributed by atoms with Crippen LogP contribution in [0.3, 0.4) is 0 Å². The topological polar surface area (TPSA) is 140 Å². The molecular formula is C38H24N8O2. The second-order valence-electron chi connectivity index (χ2n) is 11.5. The lowest BCUT2D eigenvalue weighted by atomic mass is 10.1. The van der Waals surface area contributed by atoms with Crippen molar-refractivity contribution in [1.29, 1.82) is 10.5 Å². The van der Waals surface area contributed by atoms with Crippen molar-refractivity contribution < 1.29 is 0 Å². The lowest BCUT2D eigenvalue weighted by Gasteiger charge is -2.11. The fraction of sp³-hybridized carbons (Fsp3) is 0.0526. The number of para-hydroxylation sites is 4. The number of pyridine rings is 2. The van der Waals surface area contributed by atoms with Gasteiger partial charge in [0.05, 0.1) is 43.6 Å². The van der Waals surface area contributed by atoms with Crippen molar-refractivity contribution in [2.45, 2.75) is 13.8 Å². The largest absolute Gasteiger partial charge is 0.360 e. The lowest BCUT2D eigenvalue weighted by Crippen LogP contribution is -2.35. The molecule has 0 fully saturated rings. The number of aromatic nitrogens is 4. The summed E-state index contributed by atoms with van der Waals surface area (Å²) in [6.07, 6.45) is 3.27. The summed E-state index contributed by atoms with van der Waals surface area (Å²) in [6.45, 7) is 3.50. The molecule has 0 saturated heterocycles. The van der Waals surface area contributed by atoms with Crippen molar-refractivity contribution in [2.24, 2.45) is 0 Å². The van der Waals surface area contributed by atoms with Crippen molar-refractivity contribution in [1.82, 2.24) is 18.8 Å². The van der Waals surface area contributed by atoms with Crippen LogP contribution in [0.1, 0.15) is 22.3 Å². The van der Waals surface area contributed by atoms with Gasteiger partial charge >= 0.3 is 0 Å². The summed E-state index contributed by atoms with van der Waals surface area (Å²) in [7, 11) is 0. The van der Waals surface area contributed by atoms with E-state index < -0.39 is 0 Å². The zero-order valence-electron chi connectivity index (χ0n) is 25.7. The Morgan fingerprint density at radius 3 is 1.44 bits per heavy atom. The molecule has 0 atom stereocenters. The highest BCUT2D eigenvalue weighted by atomic mass is 16.1. The molecule has 0 amide bonds. The molecular weight excluding hydrogens is 600 g/mol. The minimum Gasteiger partial charge on any atom is -0.360 e. The van der Waals surface area contributed by atoms with Gasteiger partial charge in [0, 0.05) is 34.5 Å². The fourth-order valence-electron chi connectivity index (χ4n) is 6.43. The van der Waals surface area contributed by atoms with E-state index >= 15 is 0 Å². The molecule has 8 aromatic rings. The van der Waals surface area contributed by atoms with E-state index in [4.69, 9.17) is 0 Å². The third kappa shape index (κ3) is 4.10. The average Bonchev–Trinajstić information content (AvgIpc) is 3.68. The molecule has 0 aliphatic carbocycles. The van der Waals surface area contributed by atoms with E-state index in [0.29, 0.717) is 66.1 Å². The summed E-state index contributed by atoms with van der Waals surface area (Å²) in [4.78, 5) is 36.7. The van der Waals surface area contributed by atoms with Crippen LogP contribution in [0.5, 0.6) is 0 Å². The van der Waals surface area contributed by atoms with Crippen LogP contribution in [0.2, 0.25) is 0 Å². The molecule has 10 heteroatoms. The number of rotatable bonds is 4. The Labute approximate surface area is 271 Å². The molecule has 4 heterocycles. The molecule has 10 nitrogen and oxygen atoms in total. The van der Waals surface area contributed by atoms with Crippen molar-refractivity contribution in [2.75, 3.05) is 10.6 Å². The summed E-state index contributed by atoms with van der Waals surface area (Å²) >= 11 is 0. The number of anilines is 2. The average molecular weight is 625 g/mol. The number of hydrogen-bond acceptors (Lipinski definition) is 8. The van der Waals surface area contributed by atoms with Crippen molar-refractivity contribution in [3.63, 3.8) is 0 Å². The number of imidazole rings is 2. The molecule has 0 unspecified atom stereocenters. The van der Waals surface area contributed by atoms with Crippen LogP contribution in [0.15, 0.2) is 94.5 Å². The first-order valence-electron chi connectivity index (χ1n) is 15.1. The molecule has 0 saturated carbocycles. The first kappa shape index (κ1) is 28.4. The van der Waals surface area contributed by atoms with Crippen LogP contribution >= 0.6 is 0 Å². The second kappa shape index (κ2) is 10.8. The van der Waals surface area contributed by atoms with Gasteiger partial charge in [0.25, 0.3) is 11.1 Å². The number of nitrogens with one attached hydrogen (secondary N) is 2. The van der Waals surface area contributed by atoms with Crippen LogP contribution in [0.25, 0.3) is 56.5 Å². The number of benzene rings is 4. The first-order valence-corrected chi connectivity index (χ1v) is 15.1. The maximum atomic E-state index is 13.8. The molecule has 0 spiro atoms. The van der Waals surface area contributed by atoms with Crippen LogP contribution in [0.4, 0.5) is 11.4 Å². The van der Waals surface area contributed by atoms with Gasteiger partial charge in [-0.2, -0.15) is 10.5 Å². The van der Waals surface area contributed by atoms with Gasteiger partial charge in [-0.1, -0.05) is 48.5 Å². The maximum Gasteiger partial charge on any atom is 0.265 e. The number of hydrogen-bond donors (Lipinski definition) is 2. The Bertz CT molecular complexity index is 2800. The zero-order chi connectivity index (χ0) is 33.1. The van der Waals surface area contributed by atoms with Gasteiger partial charge < -0.3 is 10.6 Å². The monoisotopic (exact) mass is 624 g/mol. The van der Waals surface area contributed by atoms with Gasteiger partial charge in [0.2, 0.25) is 0 Å². The van der Waals surface area contributed by atoms with Crippen molar-refractivity contribution in [3.8, 4) is 12.1 Å². The highest BCUT2D eigenvalue weighted by Gasteiger charge is 2.17.